The van der Waals surface area contributed by atoms with Gasteiger partial charge in [0.05, 0.1) is 18.9 Å². The zero-order valence-corrected chi connectivity index (χ0v) is 9.09. The summed E-state index contributed by atoms with van der Waals surface area (Å²) in [5, 5.41) is 13.5. The molecule has 0 radical (unpaired) electrons. The molecule has 2 aromatic rings. The van der Waals surface area contributed by atoms with E-state index in [0.29, 0.717) is 12.3 Å². The molecule has 0 aliphatic carbocycles. The van der Waals surface area contributed by atoms with Crippen molar-refractivity contribution in [2.75, 3.05) is 6.54 Å². The number of rotatable bonds is 6. The van der Waals surface area contributed by atoms with E-state index in [9.17, 15) is 10.1 Å². The highest BCUT2D eigenvalue weighted by Crippen LogP contribution is 2.15. The third-order valence-electron chi connectivity index (χ3n) is 2.25. The van der Waals surface area contributed by atoms with Crippen LogP contribution >= 0.6 is 0 Å². The fraction of sp³-hybridized carbons (Fsp3) is 0.273. The monoisotopic (exact) mass is 236 g/mol. The van der Waals surface area contributed by atoms with Crippen molar-refractivity contribution < 1.29 is 13.8 Å². The van der Waals surface area contributed by atoms with Crippen molar-refractivity contribution in [2.45, 2.75) is 13.0 Å². The predicted molar refractivity (Wildman–Crippen MR) is 59.5 cm³/mol. The highest BCUT2D eigenvalue weighted by atomic mass is 16.6. The minimum Gasteiger partial charge on any atom is -0.469 e. The third kappa shape index (κ3) is 3.18. The van der Waals surface area contributed by atoms with Crippen molar-refractivity contribution in [1.29, 1.82) is 0 Å². The Balaban J connectivity index is 1.72. The summed E-state index contributed by atoms with van der Waals surface area (Å²) in [6, 6.07) is 6.69. The van der Waals surface area contributed by atoms with Crippen LogP contribution in [-0.4, -0.2) is 11.5 Å². The summed E-state index contributed by atoms with van der Waals surface area (Å²) in [5.74, 6) is 1.23. The molecule has 0 bridgehead atoms. The Morgan fingerprint density at radius 1 is 1.29 bits per heavy atom. The molecule has 0 aromatic carbocycles. The van der Waals surface area contributed by atoms with Gasteiger partial charge in [-0.05, 0) is 18.2 Å². The van der Waals surface area contributed by atoms with Crippen LogP contribution in [-0.2, 0) is 13.0 Å². The largest absolute Gasteiger partial charge is 0.469 e. The highest BCUT2D eigenvalue weighted by molar-refractivity contribution is 5.17. The summed E-state index contributed by atoms with van der Waals surface area (Å²) >= 11 is 0. The molecule has 0 aliphatic heterocycles. The second-order valence-electron chi connectivity index (χ2n) is 3.50. The van der Waals surface area contributed by atoms with Crippen molar-refractivity contribution in [2.24, 2.45) is 0 Å². The first kappa shape index (κ1) is 11.4. The average molecular weight is 236 g/mol. The molecule has 0 saturated carbocycles. The van der Waals surface area contributed by atoms with Crippen molar-refractivity contribution in [3.8, 4) is 0 Å². The van der Waals surface area contributed by atoms with Crippen LogP contribution in [0.3, 0.4) is 0 Å². The van der Waals surface area contributed by atoms with Gasteiger partial charge in [-0.15, -0.1) is 0 Å². The lowest BCUT2D eigenvalue weighted by Gasteiger charge is -1.99. The minimum atomic E-state index is -0.549. The van der Waals surface area contributed by atoms with Gasteiger partial charge in [-0.25, -0.2) is 0 Å². The van der Waals surface area contributed by atoms with E-state index in [2.05, 4.69) is 5.32 Å². The first-order valence-corrected chi connectivity index (χ1v) is 5.22. The van der Waals surface area contributed by atoms with E-state index in [0.717, 1.165) is 18.7 Å². The summed E-state index contributed by atoms with van der Waals surface area (Å²) in [6.07, 6.45) is 2.40. The number of hydrogen-bond acceptors (Lipinski definition) is 5. The lowest BCUT2D eigenvalue weighted by molar-refractivity contribution is -0.402. The van der Waals surface area contributed by atoms with Crippen LogP contribution in [0.25, 0.3) is 0 Å². The molecule has 90 valence electrons. The third-order valence-corrected chi connectivity index (χ3v) is 2.25. The Morgan fingerprint density at radius 3 is 2.82 bits per heavy atom. The Kier molecular flexibility index (Phi) is 3.56. The lowest BCUT2D eigenvalue weighted by Crippen LogP contribution is -2.15. The highest BCUT2D eigenvalue weighted by Gasteiger charge is 2.10. The second kappa shape index (κ2) is 5.31. The smallest absolute Gasteiger partial charge is 0.433 e. The van der Waals surface area contributed by atoms with Crippen molar-refractivity contribution in [3.05, 3.63) is 52.2 Å². The molecule has 17 heavy (non-hydrogen) atoms. The zero-order chi connectivity index (χ0) is 12.1. The van der Waals surface area contributed by atoms with E-state index in [1.54, 1.807) is 12.3 Å². The number of nitrogens with zero attached hydrogens (tertiary/aromatic N) is 1. The molecule has 0 unspecified atom stereocenters. The Hall–Kier alpha value is -2.08. The van der Waals surface area contributed by atoms with Gasteiger partial charge >= 0.3 is 5.88 Å². The summed E-state index contributed by atoms with van der Waals surface area (Å²) in [6.45, 7) is 1.19. The van der Waals surface area contributed by atoms with E-state index in [1.165, 1.54) is 6.07 Å². The van der Waals surface area contributed by atoms with Crippen LogP contribution in [0.1, 0.15) is 11.5 Å². The first-order valence-electron chi connectivity index (χ1n) is 5.22. The van der Waals surface area contributed by atoms with E-state index in [4.69, 9.17) is 8.83 Å². The quantitative estimate of drug-likeness (QED) is 0.472. The molecule has 1 N–H and O–H groups in total. The van der Waals surface area contributed by atoms with Gasteiger partial charge in [0, 0.05) is 13.0 Å². The van der Waals surface area contributed by atoms with E-state index < -0.39 is 4.92 Å². The SMILES string of the molecule is O=[N+]([O-])c1ccc(CNCCc2ccco2)o1. The summed E-state index contributed by atoms with van der Waals surface area (Å²) in [4.78, 5) is 9.83. The molecule has 0 aliphatic rings. The van der Waals surface area contributed by atoms with E-state index >= 15 is 0 Å². The molecular weight excluding hydrogens is 224 g/mol. The molecular formula is C11H12N2O4. The average Bonchev–Trinajstić information content (AvgIpc) is 2.96. The maximum absolute atomic E-state index is 10.4. The second-order valence-corrected chi connectivity index (χ2v) is 3.50. The van der Waals surface area contributed by atoms with Crippen LogP contribution in [0.5, 0.6) is 0 Å². The molecule has 6 heteroatoms. The summed E-state index contributed by atoms with van der Waals surface area (Å²) < 4.78 is 10.2. The Morgan fingerprint density at radius 2 is 2.18 bits per heavy atom. The zero-order valence-electron chi connectivity index (χ0n) is 9.09. The Labute approximate surface area is 97.4 Å². The number of nitrogens with one attached hydrogen (secondary N) is 1. The summed E-state index contributed by atoms with van der Waals surface area (Å²) in [5.41, 5.74) is 0. The first-order chi connectivity index (χ1) is 8.25. The van der Waals surface area contributed by atoms with Gasteiger partial charge < -0.3 is 14.2 Å². The number of hydrogen-bond donors (Lipinski definition) is 1. The molecule has 2 aromatic heterocycles. The molecule has 0 amide bonds. The van der Waals surface area contributed by atoms with Crippen molar-refractivity contribution >= 4 is 5.88 Å². The van der Waals surface area contributed by atoms with E-state index in [-0.39, 0.29) is 5.88 Å². The van der Waals surface area contributed by atoms with Gasteiger partial charge in [-0.1, -0.05) is 0 Å². The Bertz CT molecular complexity index is 475. The van der Waals surface area contributed by atoms with Crippen LogP contribution in [0, 0.1) is 10.1 Å². The lowest BCUT2D eigenvalue weighted by atomic mass is 10.3. The minimum absolute atomic E-state index is 0.229. The maximum atomic E-state index is 10.4. The molecule has 0 atom stereocenters. The van der Waals surface area contributed by atoms with Gasteiger partial charge in [0.25, 0.3) is 0 Å². The van der Waals surface area contributed by atoms with Gasteiger partial charge in [-0.2, -0.15) is 0 Å². The molecule has 2 heterocycles. The van der Waals surface area contributed by atoms with Crippen LogP contribution in [0.4, 0.5) is 5.88 Å². The van der Waals surface area contributed by atoms with Crippen LogP contribution in [0.2, 0.25) is 0 Å². The van der Waals surface area contributed by atoms with Gasteiger partial charge in [0.2, 0.25) is 0 Å². The molecule has 2 rings (SSSR count). The fourth-order valence-corrected chi connectivity index (χ4v) is 1.44. The number of furan rings is 2. The topological polar surface area (TPSA) is 81.5 Å². The molecule has 0 fully saturated rings. The standard InChI is InChI=1S/C11H12N2O4/c14-13(15)11-4-3-10(17-11)8-12-6-5-9-2-1-7-16-9/h1-4,7,12H,5-6,8H2. The normalized spacial score (nSPS) is 10.6. The van der Waals surface area contributed by atoms with Gasteiger partial charge in [-0.3, -0.25) is 10.1 Å². The van der Waals surface area contributed by atoms with Crippen LogP contribution in [0.15, 0.2) is 39.4 Å². The predicted octanol–water partition coefficient (Wildman–Crippen LogP) is 2.11. The van der Waals surface area contributed by atoms with E-state index in [1.807, 2.05) is 12.1 Å². The number of nitro groups is 1. The fourth-order valence-electron chi connectivity index (χ4n) is 1.44. The van der Waals surface area contributed by atoms with Gasteiger partial charge in [0.15, 0.2) is 0 Å². The van der Waals surface area contributed by atoms with Gasteiger partial charge in [0.1, 0.15) is 16.4 Å². The van der Waals surface area contributed by atoms with Crippen molar-refractivity contribution in [1.82, 2.24) is 5.32 Å². The maximum Gasteiger partial charge on any atom is 0.433 e. The summed E-state index contributed by atoms with van der Waals surface area (Å²) in [7, 11) is 0. The molecule has 0 spiro atoms. The van der Waals surface area contributed by atoms with Crippen molar-refractivity contribution in [3.63, 3.8) is 0 Å². The molecule has 0 saturated heterocycles. The molecule has 6 nitrogen and oxygen atoms in total. The van der Waals surface area contributed by atoms with Crippen LogP contribution < -0.4 is 5.32 Å².